The summed E-state index contributed by atoms with van der Waals surface area (Å²) in [6, 6.07) is 12.3. The van der Waals surface area contributed by atoms with Gasteiger partial charge in [0.15, 0.2) is 0 Å². The molecule has 0 radical (unpaired) electrons. The number of hydrogen-bond donors (Lipinski definition) is 1. The summed E-state index contributed by atoms with van der Waals surface area (Å²) in [5, 5.41) is 1.16. The van der Waals surface area contributed by atoms with Crippen molar-refractivity contribution >= 4 is 16.7 Å². The molecule has 0 aliphatic carbocycles. The number of benzene rings is 1. The van der Waals surface area contributed by atoms with Crippen LogP contribution in [0, 0.1) is 0 Å². The number of nitrogens with zero attached hydrogens (tertiary/aromatic N) is 2. The van der Waals surface area contributed by atoms with E-state index < -0.39 is 0 Å². The molecule has 1 heterocycles. The minimum atomic E-state index is -0.0878. The minimum Gasteiger partial charge on any atom is -0.353 e. The number of likely N-dealkylation sites (N-methyl/N-ethyl adjacent to an activating group) is 1. The molecule has 0 atom stereocenters. The van der Waals surface area contributed by atoms with E-state index >= 15 is 0 Å². The van der Waals surface area contributed by atoms with Gasteiger partial charge in [0.2, 0.25) is 0 Å². The van der Waals surface area contributed by atoms with Crippen molar-refractivity contribution in [2.24, 2.45) is 5.73 Å². The lowest BCUT2D eigenvalue weighted by molar-refractivity contribution is 0.495. The van der Waals surface area contributed by atoms with Gasteiger partial charge >= 0.3 is 0 Å². The highest BCUT2D eigenvalue weighted by molar-refractivity contribution is 5.80. The minimum absolute atomic E-state index is 0.0878. The molecule has 90 valence electrons. The molecule has 0 saturated heterocycles. The van der Waals surface area contributed by atoms with E-state index in [1.807, 2.05) is 31.3 Å². The van der Waals surface area contributed by atoms with E-state index in [1.165, 1.54) is 0 Å². The summed E-state index contributed by atoms with van der Waals surface area (Å²) >= 11 is 0. The van der Waals surface area contributed by atoms with Gasteiger partial charge < -0.3 is 10.6 Å². The lowest BCUT2D eigenvalue weighted by Gasteiger charge is -2.35. The molecule has 0 aliphatic rings. The van der Waals surface area contributed by atoms with E-state index in [0.717, 1.165) is 16.7 Å². The van der Waals surface area contributed by atoms with Crippen LogP contribution in [0.4, 0.5) is 5.82 Å². The van der Waals surface area contributed by atoms with Crippen LogP contribution in [0.2, 0.25) is 0 Å². The Morgan fingerprint density at radius 2 is 1.88 bits per heavy atom. The van der Waals surface area contributed by atoms with Crippen LogP contribution in [0.5, 0.6) is 0 Å². The van der Waals surface area contributed by atoms with Crippen molar-refractivity contribution in [2.45, 2.75) is 19.4 Å². The average Bonchev–Trinajstić information content (AvgIpc) is 2.37. The van der Waals surface area contributed by atoms with Crippen molar-refractivity contribution in [3.05, 3.63) is 36.4 Å². The fraction of sp³-hybridized carbons (Fsp3) is 0.357. The van der Waals surface area contributed by atoms with Crippen LogP contribution in [-0.4, -0.2) is 24.1 Å². The van der Waals surface area contributed by atoms with Crippen LogP contribution in [0.15, 0.2) is 36.4 Å². The summed E-state index contributed by atoms with van der Waals surface area (Å²) in [6.45, 7) is 4.83. The van der Waals surface area contributed by atoms with Gasteiger partial charge in [-0.15, -0.1) is 0 Å². The van der Waals surface area contributed by atoms with Gasteiger partial charge in [0.1, 0.15) is 5.82 Å². The molecule has 0 saturated carbocycles. The lowest BCUT2D eigenvalue weighted by Crippen LogP contribution is -2.47. The SMILES string of the molecule is CN(c1ccc2ccccc2n1)C(C)(C)CN. The number of rotatable bonds is 3. The van der Waals surface area contributed by atoms with Crippen molar-refractivity contribution in [2.75, 3.05) is 18.5 Å². The zero-order chi connectivity index (χ0) is 12.5. The van der Waals surface area contributed by atoms with Crippen LogP contribution in [0.3, 0.4) is 0 Å². The first kappa shape index (κ1) is 11.9. The number of fused-ring (bicyclic) bond motifs is 1. The third-order valence-corrected chi connectivity index (χ3v) is 3.33. The van der Waals surface area contributed by atoms with Crippen LogP contribution >= 0.6 is 0 Å². The quantitative estimate of drug-likeness (QED) is 0.878. The van der Waals surface area contributed by atoms with Gasteiger partial charge in [-0.05, 0) is 32.0 Å². The summed E-state index contributed by atoms with van der Waals surface area (Å²) in [4.78, 5) is 6.78. The first-order valence-corrected chi connectivity index (χ1v) is 5.84. The topological polar surface area (TPSA) is 42.2 Å². The molecule has 3 nitrogen and oxygen atoms in total. The first-order chi connectivity index (χ1) is 8.04. The van der Waals surface area contributed by atoms with Gasteiger partial charge in [-0.25, -0.2) is 4.98 Å². The molecule has 1 aromatic heterocycles. The summed E-state index contributed by atoms with van der Waals surface area (Å²) < 4.78 is 0. The van der Waals surface area contributed by atoms with Crippen molar-refractivity contribution in [3.63, 3.8) is 0 Å². The van der Waals surface area contributed by atoms with Crippen molar-refractivity contribution in [1.29, 1.82) is 0 Å². The van der Waals surface area contributed by atoms with Crippen LogP contribution in [-0.2, 0) is 0 Å². The number of hydrogen-bond acceptors (Lipinski definition) is 3. The Hall–Kier alpha value is -1.61. The van der Waals surface area contributed by atoms with Gasteiger partial charge in [0.25, 0.3) is 0 Å². The normalized spacial score (nSPS) is 11.8. The molecule has 0 amide bonds. The predicted octanol–water partition coefficient (Wildman–Crippen LogP) is 2.41. The molecule has 17 heavy (non-hydrogen) atoms. The van der Waals surface area contributed by atoms with Crippen LogP contribution in [0.1, 0.15) is 13.8 Å². The number of nitrogens with two attached hydrogens (primary N) is 1. The second-order valence-corrected chi connectivity index (χ2v) is 4.94. The Balaban J connectivity index is 2.43. The molecule has 2 rings (SSSR count). The molecule has 2 N–H and O–H groups in total. The van der Waals surface area contributed by atoms with Gasteiger partial charge in [-0.1, -0.05) is 18.2 Å². The zero-order valence-electron chi connectivity index (χ0n) is 10.6. The number of aromatic nitrogens is 1. The highest BCUT2D eigenvalue weighted by Crippen LogP contribution is 2.22. The maximum atomic E-state index is 5.79. The lowest BCUT2D eigenvalue weighted by atomic mass is 10.0. The highest BCUT2D eigenvalue weighted by atomic mass is 15.2. The summed E-state index contributed by atoms with van der Waals surface area (Å²) in [7, 11) is 2.03. The average molecular weight is 229 g/mol. The van der Waals surface area contributed by atoms with Gasteiger partial charge in [-0.3, -0.25) is 0 Å². The largest absolute Gasteiger partial charge is 0.353 e. The molecular formula is C14H19N3. The third kappa shape index (κ3) is 2.24. The second kappa shape index (κ2) is 4.34. The van der Waals surface area contributed by atoms with E-state index in [2.05, 4.69) is 35.9 Å². The molecule has 0 fully saturated rings. The van der Waals surface area contributed by atoms with E-state index in [9.17, 15) is 0 Å². The Morgan fingerprint density at radius 1 is 1.18 bits per heavy atom. The highest BCUT2D eigenvalue weighted by Gasteiger charge is 2.22. The maximum absolute atomic E-state index is 5.79. The molecule has 1 aromatic carbocycles. The van der Waals surface area contributed by atoms with E-state index in [1.54, 1.807) is 0 Å². The molecule has 0 aliphatic heterocycles. The van der Waals surface area contributed by atoms with E-state index in [0.29, 0.717) is 6.54 Å². The number of pyridine rings is 1. The van der Waals surface area contributed by atoms with Gasteiger partial charge in [0.05, 0.1) is 5.52 Å². The third-order valence-electron chi connectivity index (χ3n) is 3.33. The molecule has 0 bridgehead atoms. The fourth-order valence-corrected chi connectivity index (χ4v) is 1.69. The smallest absolute Gasteiger partial charge is 0.129 e. The standard InChI is InChI=1S/C14H19N3/c1-14(2,10-15)17(3)13-9-8-11-6-4-5-7-12(11)16-13/h4-9H,10,15H2,1-3H3. The molecule has 3 heteroatoms. The Labute approximate surface area is 102 Å². The van der Waals surface area contributed by atoms with Gasteiger partial charge in [0, 0.05) is 24.5 Å². The van der Waals surface area contributed by atoms with Gasteiger partial charge in [-0.2, -0.15) is 0 Å². The van der Waals surface area contributed by atoms with Crippen LogP contribution in [0.25, 0.3) is 10.9 Å². The molecule has 0 spiro atoms. The summed E-state index contributed by atoms with van der Waals surface area (Å²) in [5.41, 5.74) is 6.72. The van der Waals surface area contributed by atoms with Crippen molar-refractivity contribution in [1.82, 2.24) is 4.98 Å². The number of para-hydroxylation sites is 1. The first-order valence-electron chi connectivity index (χ1n) is 5.84. The predicted molar refractivity (Wildman–Crippen MR) is 73.3 cm³/mol. The molecule has 2 aromatic rings. The summed E-state index contributed by atoms with van der Waals surface area (Å²) in [6.07, 6.45) is 0. The summed E-state index contributed by atoms with van der Waals surface area (Å²) in [5.74, 6) is 0.958. The van der Waals surface area contributed by atoms with Crippen LogP contribution < -0.4 is 10.6 Å². The Bertz CT molecular complexity index is 520. The maximum Gasteiger partial charge on any atom is 0.129 e. The zero-order valence-corrected chi connectivity index (χ0v) is 10.6. The second-order valence-electron chi connectivity index (χ2n) is 4.94. The fourth-order valence-electron chi connectivity index (χ4n) is 1.69. The van der Waals surface area contributed by atoms with E-state index in [-0.39, 0.29) is 5.54 Å². The number of anilines is 1. The molecule has 0 unspecified atom stereocenters. The van der Waals surface area contributed by atoms with Crippen molar-refractivity contribution in [3.8, 4) is 0 Å². The Morgan fingerprint density at radius 3 is 2.59 bits per heavy atom. The monoisotopic (exact) mass is 229 g/mol. The van der Waals surface area contributed by atoms with E-state index in [4.69, 9.17) is 5.73 Å². The van der Waals surface area contributed by atoms with Crippen molar-refractivity contribution < 1.29 is 0 Å². The molecular weight excluding hydrogens is 210 g/mol. The Kier molecular flexibility index (Phi) is 3.03.